The Kier molecular flexibility index (Phi) is 9.05. The van der Waals surface area contributed by atoms with E-state index in [4.69, 9.17) is 5.73 Å². The molecule has 1 aliphatic heterocycles. The molecule has 4 nitrogen and oxygen atoms in total. The molecule has 0 amide bonds. The average molecular weight is 498 g/mol. The number of benzene rings is 1. The number of nitrogens with two attached hydrogens (primary N) is 1. The Balaban J connectivity index is 0.00000261. The van der Waals surface area contributed by atoms with E-state index in [-0.39, 0.29) is 24.0 Å². The third kappa shape index (κ3) is 7.08. The molecule has 148 valence electrons. The Hall–Kier alpha value is -1.12. The first-order valence-electron chi connectivity index (χ1n) is 9.52. The van der Waals surface area contributed by atoms with E-state index in [1.54, 1.807) is 0 Å². The lowest BCUT2D eigenvalue weighted by molar-refractivity contribution is 0.182. The van der Waals surface area contributed by atoms with Crippen molar-refractivity contribution in [2.24, 2.45) is 16.6 Å². The van der Waals surface area contributed by atoms with Crippen LogP contribution in [0.2, 0.25) is 0 Å². The second kappa shape index (κ2) is 11.0. The van der Waals surface area contributed by atoms with Crippen LogP contribution in [0.15, 0.2) is 46.8 Å². The molecule has 2 aromatic rings. The van der Waals surface area contributed by atoms with Crippen molar-refractivity contribution in [3.8, 4) is 0 Å². The van der Waals surface area contributed by atoms with Crippen molar-refractivity contribution in [2.45, 2.75) is 39.2 Å². The molecule has 0 aliphatic carbocycles. The quantitative estimate of drug-likeness (QED) is 0.330. The van der Waals surface area contributed by atoms with Gasteiger partial charge in [0.25, 0.3) is 0 Å². The molecule has 0 unspecified atom stereocenters. The first kappa shape index (κ1) is 22.2. The minimum atomic E-state index is 0. The van der Waals surface area contributed by atoms with Crippen LogP contribution < -0.4 is 11.1 Å². The highest BCUT2D eigenvalue weighted by Gasteiger charge is 2.19. The topological polar surface area (TPSA) is 53.6 Å². The molecule has 1 aromatic carbocycles. The summed E-state index contributed by atoms with van der Waals surface area (Å²) in [6, 6.07) is 12.8. The highest BCUT2D eigenvalue weighted by Crippen LogP contribution is 2.21. The number of halogens is 1. The Bertz CT molecular complexity index is 707. The molecular weight excluding hydrogens is 467 g/mol. The Morgan fingerprint density at radius 1 is 1.26 bits per heavy atom. The summed E-state index contributed by atoms with van der Waals surface area (Å²) >= 11 is 1.85. The number of piperidine rings is 1. The van der Waals surface area contributed by atoms with E-state index in [1.165, 1.54) is 23.3 Å². The van der Waals surface area contributed by atoms with E-state index in [1.807, 2.05) is 17.4 Å². The fraction of sp³-hybridized carbons (Fsp3) is 0.476. The van der Waals surface area contributed by atoms with E-state index < -0.39 is 0 Å². The number of hydrogen-bond donors (Lipinski definition) is 2. The summed E-state index contributed by atoms with van der Waals surface area (Å²) < 4.78 is 0. The number of aliphatic imine (C=N–C) groups is 1. The van der Waals surface area contributed by atoms with Gasteiger partial charge >= 0.3 is 0 Å². The van der Waals surface area contributed by atoms with Gasteiger partial charge < -0.3 is 11.1 Å². The van der Waals surface area contributed by atoms with Crippen LogP contribution in [-0.4, -0.2) is 30.5 Å². The van der Waals surface area contributed by atoms with Crippen LogP contribution in [0.1, 0.15) is 43.0 Å². The number of thiophene rings is 1. The predicted molar refractivity (Wildman–Crippen MR) is 128 cm³/mol. The van der Waals surface area contributed by atoms with Crippen LogP contribution >= 0.6 is 35.3 Å². The van der Waals surface area contributed by atoms with Crippen LogP contribution in [0.5, 0.6) is 0 Å². The maximum Gasteiger partial charge on any atom is 0.193 e. The second-order valence-corrected chi connectivity index (χ2v) is 8.46. The molecule has 0 atom stereocenters. The van der Waals surface area contributed by atoms with E-state index in [0.717, 1.165) is 31.9 Å². The van der Waals surface area contributed by atoms with Crippen molar-refractivity contribution in [1.29, 1.82) is 0 Å². The smallest absolute Gasteiger partial charge is 0.193 e. The molecular formula is C21H31IN4S. The molecule has 1 aromatic heterocycles. The Morgan fingerprint density at radius 3 is 2.70 bits per heavy atom. The van der Waals surface area contributed by atoms with Gasteiger partial charge in [0.1, 0.15) is 0 Å². The zero-order chi connectivity index (χ0) is 18.4. The zero-order valence-electron chi connectivity index (χ0n) is 16.2. The van der Waals surface area contributed by atoms with Gasteiger partial charge in [0.05, 0.1) is 0 Å². The lowest BCUT2D eigenvalue weighted by atomic mass is 9.97. The van der Waals surface area contributed by atoms with E-state index in [2.05, 4.69) is 64.8 Å². The number of likely N-dealkylation sites (tertiary alicyclic amines) is 1. The fourth-order valence-corrected chi connectivity index (χ4v) is 4.09. The van der Waals surface area contributed by atoms with Crippen molar-refractivity contribution >= 4 is 47.0 Å². The molecule has 0 spiro atoms. The number of anilines is 1. The molecule has 0 radical (unpaired) electrons. The maximum atomic E-state index is 6.10. The molecule has 0 saturated carbocycles. The number of nitrogens with zero attached hydrogens (tertiary/aromatic N) is 2. The Labute approximate surface area is 184 Å². The minimum Gasteiger partial charge on any atom is -0.370 e. The van der Waals surface area contributed by atoms with Crippen LogP contribution in [-0.2, 0) is 6.54 Å². The van der Waals surface area contributed by atoms with Gasteiger partial charge in [0, 0.05) is 23.7 Å². The van der Waals surface area contributed by atoms with Gasteiger partial charge in [-0.15, -0.1) is 35.3 Å². The molecule has 3 N–H and O–H groups in total. The summed E-state index contributed by atoms with van der Waals surface area (Å²) in [5.74, 6) is 1.66. The highest BCUT2D eigenvalue weighted by atomic mass is 127. The molecule has 27 heavy (non-hydrogen) atoms. The number of rotatable bonds is 6. The summed E-state index contributed by atoms with van der Waals surface area (Å²) in [4.78, 5) is 8.59. The normalized spacial score (nSPS) is 16.3. The van der Waals surface area contributed by atoms with Crippen molar-refractivity contribution in [3.05, 3.63) is 52.2 Å². The van der Waals surface area contributed by atoms with Crippen molar-refractivity contribution < 1.29 is 0 Å². The van der Waals surface area contributed by atoms with Gasteiger partial charge in [0.15, 0.2) is 5.96 Å². The lowest BCUT2D eigenvalue weighted by Gasteiger charge is -2.30. The molecule has 2 heterocycles. The number of guanidine groups is 1. The summed E-state index contributed by atoms with van der Waals surface area (Å²) in [6.45, 7) is 8.60. The van der Waals surface area contributed by atoms with Gasteiger partial charge in [0.2, 0.25) is 0 Å². The zero-order valence-corrected chi connectivity index (χ0v) is 19.4. The third-order valence-corrected chi connectivity index (χ3v) is 5.87. The van der Waals surface area contributed by atoms with Crippen LogP contribution in [0.4, 0.5) is 5.69 Å². The van der Waals surface area contributed by atoms with Crippen LogP contribution in [0, 0.1) is 5.92 Å². The molecule has 3 rings (SSSR count). The summed E-state index contributed by atoms with van der Waals surface area (Å²) in [5.41, 5.74) is 8.42. The largest absolute Gasteiger partial charge is 0.370 e. The summed E-state index contributed by atoms with van der Waals surface area (Å²) in [6.07, 6.45) is 2.40. The first-order chi connectivity index (χ1) is 12.6. The molecule has 1 aliphatic rings. The second-order valence-electron chi connectivity index (χ2n) is 7.43. The van der Waals surface area contributed by atoms with Gasteiger partial charge in [-0.1, -0.05) is 32.0 Å². The minimum absolute atomic E-state index is 0. The molecule has 0 bridgehead atoms. The van der Waals surface area contributed by atoms with Gasteiger partial charge in [-0.3, -0.25) is 9.89 Å². The van der Waals surface area contributed by atoms with Crippen molar-refractivity contribution in [3.63, 3.8) is 0 Å². The summed E-state index contributed by atoms with van der Waals surface area (Å²) in [7, 11) is 0. The monoisotopic (exact) mass is 498 g/mol. The predicted octanol–water partition coefficient (Wildman–Crippen LogP) is 5.13. The number of nitrogens with one attached hydrogen (secondary N) is 1. The summed E-state index contributed by atoms with van der Waals surface area (Å²) in [5, 5.41) is 5.39. The van der Waals surface area contributed by atoms with E-state index in [0.29, 0.717) is 17.8 Å². The SMILES string of the molecule is CC(C)c1cccc(NC(N)=NCC2CCN(Cc3cccs3)CC2)c1.I. The maximum absolute atomic E-state index is 6.10. The average Bonchev–Trinajstić information content (AvgIpc) is 3.14. The van der Waals surface area contributed by atoms with E-state index >= 15 is 0 Å². The Morgan fingerprint density at radius 2 is 2.04 bits per heavy atom. The lowest BCUT2D eigenvalue weighted by Crippen LogP contribution is -2.34. The van der Waals surface area contributed by atoms with Crippen LogP contribution in [0.3, 0.4) is 0 Å². The van der Waals surface area contributed by atoms with Crippen LogP contribution in [0.25, 0.3) is 0 Å². The van der Waals surface area contributed by atoms with Gasteiger partial charge in [-0.2, -0.15) is 0 Å². The van der Waals surface area contributed by atoms with Gasteiger partial charge in [-0.05, 0) is 66.9 Å². The highest BCUT2D eigenvalue weighted by molar-refractivity contribution is 14.0. The molecule has 1 saturated heterocycles. The van der Waals surface area contributed by atoms with Crippen molar-refractivity contribution in [2.75, 3.05) is 25.0 Å². The number of hydrogen-bond acceptors (Lipinski definition) is 3. The third-order valence-electron chi connectivity index (χ3n) is 5.01. The standard InChI is InChI=1S/C21H30N4S.HI/c1-16(2)18-5-3-6-19(13-18)24-21(22)23-14-17-8-10-25(11-9-17)15-20-7-4-12-26-20;/h3-7,12-13,16-17H,8-11,14-15H2,1-2H3,(H3,22,23,24);1H. The fourth-order valence-electron chi connectivity index (χ4n) is 3.34. The first-order valence-corrected chi connectivity index (χ1v) is 10.4. The molecule has 1 fully saturated rings. The molecule has 6 heteroatoms. The van der Waals surface area contributed by atoms with Gasteiger partial charge in [-0.25, -0.2) is 0 Å². The van der Waals surface area contributed by atoms with Crippen molar-refractivity contribution in [1.82, 2.24) is 4.90 Å². The van der Waals surface area contributed by atoms with E-state index in [9.17, 15) is 0 Å².